The van der Waals surface area contributed by atoms with Crippen molar-refractivity contribution >= 4 is 23.2 Å². The molecule has 0 unspecified atom stereocenters. The summed E-state index contributed by atoms with van der Waals surface area (Å²) in [5, 5.41) is 5.51. The van der Waals surface area contributed by atoms with Crippen molar-refractivity contribution in [3.63, 3.8) is 0 Å². The van der Waals surface area contributed by atoms with Crippen molar-refractivity contribution in [1.82, 2.24) is 0 Å². The van der Waals surface area contributed by atoms with Crippen molar-refractivity contribution < 1.29 is 23.8 Å². The van der Waals surface area contributed by atoms with E-state index >= 15 is 0 Å². The highest BCUT2D eigenvalue weighted by atomic mass is 16.5. The summed E-state index contributed by atoms with van der Waals surface area (Å²) in [5.41, 5.74) is 1.86. The number of rotatable bonds is 5. The van der Waals surface area contributed by atoms with E-state index < -0.39 is 0 Å². The lowest BCUT2D eigenvalue weighted by Gasteiger charge is -2.18. The van der Waals surface area contributed by atoms with Crippen LogP contribution in [-0.4, -0.2) is 32.6 Å². The van der Waals surface area contributed by atoms with Gasteiger partial charge in [-0.1, -0.05) is 6.07 Å². The van der Waals surface area contributed by atoms with Crippen LogP contribution < -0.4 is 24.8 Å². The molecule has 1 heterocycles. The van der Waals surface area contributed by atoms with Gasteiger partial charge in [-0.15, -0.1) is 0 Å². The second-order valence-corrected chi connectivity index (χ2v) is 5.45. The Morgan fingerprint density at radius 3 is 2.80 bits per heavy atom. The molecule has 2 N–H and O–H groups in total. The first-order chi connectivity index (χ1) is 12.1. The van der Waals surface area contributed by atoms with Crippen LogP contribution >= 0.6 is 0 Å². The topological polar surface area (TPSA) is 85.9 Å². The lowest BCUT2D eigenvalue weighted by molar-refractivity contribution is -0.118. The third-order valence-corrected chi connectivity index (χ3v) is 3.74. The van der Waals surface area contributed by atoms with Gasteiger partial charge >= 0.3 is 0 Å². The fourth-order valence-corrected chi connectivity index (χ4v) is 2.54. The summed E-state index contributed by atoms with van der Waals surface area (Å²) in [6.45, 7) is -0.00400. The van der Waals surface area contributed by atoms with E-state index in [4.69, 9.17) is 14.2 Å². The first kappa shape index (κ1) is 16.6. The molecule has 7 heteroatoms. The molecule has 1 aliphatic rings. The van der Waals surface area contributed by atoms with Crippen molar-refractivity contribution in [2.45, 2.75) is 6.42 Å². The molecule has 0 bridgehead atoms. The molecule has 2 aromatic carbocycles. The van der Waals surface area contributed by atoms with Crippen LogP contribution in [0.4, 0.5) is 11.4 Å². The molecule has 25 heavy (non-hydrogen) atoms. The van der Waals surface area contributed by atoms with E-state index in [1.54, 1.807) is 50.6 Å². The molecular weight excluding hydrogens is 324 g/mol. The Morgan fingerprint density at radius 2 is 2.04 bits per heavy atom. The molecule has 0 saturated carbocycles. The van der Waals surface area contributed by atoms with Crippen LogP contribution in [0, 0.1) is 0 Å². The Balaban J connectivity index is 1.71. The van der Waals surface area contributed by atoms with E-state index in [1.165, 1.54) is 0 Å². The Bertz CT molecular complexity index is 819. The minimum atomic E-state index is -0.223. The largest absolute Gasteiger partial charge is 0.497 e. The molecule has 130 valence electrons. The number of methoxy groups -OCH3 is 2. The molecule has 3 rings (SSSR count). The van der Waals surface area contributed by atoms with Gasteiger partial charge in [-0.05, 0) is 24.3 Å². The highest BCUT2D eigenvalue weighted by Gasteiger charge is 2.17. The van der Waals surface area contributed by atoms with Crippen LogP contribution in [0.1, 0.15) is 5.56 Å². The molecule has 0 aromatic heterocycles. The van der Waals surface area contributed by atoms with E-state index in [0.717, 1.165) is 5.56 Å². The third-order valence-electron chi connectivity index (χ3n) is 3.74. The van der Waals surface area contributed by atoms with Gasteiger partial charge in [0.1, 0.15) is 17.2 Å². The lowest BCUT2D eigenvalue weighted by Crippen LogP contribution is -2.25. The van der Waals surface area contributed by atoms with Crippen LogP contribution in [0.2, 0.25) is 0 Å². The van der Waals surface area contributed by atoms with Crippen molar-refractivity contribution in [3.05, 3.63) is 42.0 Å². The summed E-state index contributed by atoms with van der Waals surface area (Å²) in [7, 11) is 3.11. The number of carbonyl (C=O) groups is 2. The second-order valence-electron chi connectivity index (χ2n) is 5.45. The number of ether oxygens (including phenoxy) is 3. The van der Waals surface area contributed by atoms with E-state index in [-0.39, 0.29) is 24.8 Å². The van der Waals surface area contributed by atoms with Crippen LogP contribution in [0.3, 0.4) is 0 Å². The van der Waals surface area contributed by atoms with Gasteiger partial charge in [0.25, 0.3) is 5.91 Å². The normalized spacial score (nSPS) is 12.5. The number of hydrogen-bond acceptors (Lipinski definition) is 5. The Morgan fingerprint density at radius 1 is 1.20 bits per heavy atom. The summed E-state index contributed by atoms with van der Waals surface area (Å²) in [6, 6.07) is 10.4. The van der Waals surface area contributed by atoms with Crippen molar-refractivity contribution in [1.29, 1.82) is 0 Å². The summed E-state index contributed by atoms with van der Waals surface area (Å²) in [6.07, 6.45) is 0.146. The molecule has 7 nitrogen and oxygen atoms in total. The number of nitrogens with one attached hydrogen (secondary N) is 2. The fraction of sp³-hybridized carbons (Fsp3) is 0.222. The van der Waals surface area contributed by atoms with E-state index in [2.05, 4.69) is 10.6 Å². The van der Waals surface area contributed by atoms with Crippen molar-refractivity contribution in [2.24, 2.45) is 0 Å². The molecule has 2 amide bonds. The van der Waals surface area contributed by atoms with Gasteiger partial charge in [-0.3, -0.25) is 9.59 Å². The number of anilines is 2. The summed E-state index contributed by atoms with van der Waals surface area (Å²) in [5.74, 6) is 1.40. The Hall–Kier alpha value is -3.22. The smallest absolute Gasteiger partial charge is 0.262 e. The molecular formula is C18H18N2O5. The maximum absolute atomic E-state index is 12.3. The predicted octanol–water partition coefficient (Wildman–Crippen LogP) is 2.22. The van der Waals surface area contributed by atoms with E-state index in [9.17, 15) is 9.59 Å². The quantitative estimate of drug-likeness (QED) is 0.870. The van der Waals surface area contributed by atoms with E-state index in [0.29, 0.717) is 28.6 Å². The monoisotopic (exact) mass is 342 g/mol. The van der Waals surface area contributed by atoms with Gasteiger partial charge < -0.3 is 24.8 Å². The molecule has 1 aliphatic heterocycles. The number of hydrogen-bond donors (Lipinski definition) is 2. The van der Waals surface area contributed by atoms with Crippen LogP contribution in [0.25, 0.3) is 0 Å². The molecule has 0 spiro atoms. The summed E-state index contributed by atoms with van der Waals surface area (Å²) in [4.78, 5) is 23.7. The minimum Gasteiger partial charge on any atom is -0.497 e. The van der Waals surface area contributed by atoms with Gasteiger partial charge in [-0.2, -0.15) is 0 Å². The van der Waals surface area contributed by atoms with Gasteiger partial charge in [0.05, 0.1) is 26.3 Å². The average molecular weight is 342 g/mol. The number of carbonyl (C=O) groups excluding carboxylic acids is 2. The Labute approximate surface area is 144 Å². The van der Waals surface area contributed by atoms with Gasteiger partial charge in [0.15, 0.2) is 6.61 Å². The summed E-state index contributed by atoms with van der Waals surface area (Å²) >= 11 is 0. The first-order valence-corrected chi connectivity index (χ1v) is 7.66. The number of fused-ring (bicyclic) bond motifs is 1. The first-order valence-electron chi connectivity index (χ1n) is 7.66. The fourth-order valence-electron chi connectivity index (χ4n) is 2.54. The zero-order valence-corrected chi connectivity index (χ0v) is 13.9. The molecule has 0 radical (unpaired) electrons. The van der Waals surface area contributed by atoms with Gasteiger partial charge in [-0.25, -0.2) is 0 Å². The zero-order valence-electron chi connectivity index (χ0n) is 13.9. The maximum Gasteiger partial charge on any atom is 0.262 e. The average Bonchev–Trinajstić information content (AvgIpc) is 2.61. The van der Waals surface area contributed by atoms with Crippen LogP contribution in [0.15, 0.2) is 36.4 Å². The highest BCUT2D eigenvalue weighted by molar-refractivity contribution is 5.98. The minimum absolute atomic E-state index is 0.00400. The standard InChI is InChI=1S/C18H18N2O5/c1-23-13-5-3-11(16(9-13)24-2)7-17(21)19-12-4-6-15-14(8-12)20-18(22)10-25-15/h3-6,8-9H,7,10H2,1-2H3,(H,19,21)(H,20,22). The molecule has 0 saturated heterocycles. The molecule has 0 aliphatic carbocycles. The van der Waals surface area contributed by atoms with Crippen LogP contribution in [0.5, 0.6) is 17.2 Å². The van der Waals surface area contributed by atoms with Crippen LogP contribution in [-0.2, 0) is 16.0 Å². The van der Waals surface area contributed by atoms with Gasteiger partial charge in [0.2, 0.25) is 5.91 Å². The van der Waals surface area contributed by atoms with Gasteiger partial charge in [0, 0.05) is 17.3 Å². The molecule has 0 atom stereocenters. The Kier molecular flexibility index (Phi) is 4.74. The third kappa shape index (κ3) is 3.82. The maximum atomic E-state index is 12.3. The highest BCUT2D eigenvalue weighted by Crippen LogP contribution is 2.30. The van der Waals surface area contributed by atoms with Crippen molar-refractivity contribution in [2.75, 3.05) is 31.5 Å². The van der Waals surface area contributed by atoms with Crippen molar-refractivity contribution in [3.8, 4) is 17.2 Å². The lowest BCUT2D eigenvalue weighted by atomic mass is 10.1. The zero-order chi connectivity index (χ0) is 17.8. The predicted molar refractivity (Wildman–Crippen MR) is 92.4 cm³/mol. The number of benzene rings is 2. The second kappa shape index (κ2) is 7.12. The SMILES string of the molecule is COc1ccc(CC(=O)Nc2ccc3c(c2)NC(=O)CO3)c(OC)c1. The number of amides is 2. The molecule has 0 fully saturated rings. The molecule has 2 aromatic rings. The summed E-state index contributed by atoms with van der Waals surface area (Å²) < 4.78 is 15.7. The van der Waals surface area contributed by atoms with E-state index in [1.807, 2.05) is 0 Å².